The first-order valence-corrected chi connectivity index (χ1v) is 5.69. The topological polar surface area (TPSA) is 93.0 Å². The van der Waals surface area contributed by atoms with Crippen LogP contribution in [0.25, 0.3) is 10.9 Å². The molecule has 6 heteroatoms. The van der Waals surface area contributed by atoms with Gasteiger partial charge in [-0.3, -0.25) is 9.89 Å². The third-order valence-electron chi connectivity index (χ3n) is 2.77. The lowest BCUT2D eigenvalue weighted by Gasteiger charge is -2.12. The van der Waals surface area contributed by atoms with Gasteiger partial charge in [0.05, 0.1) is 29.9 Å². The van der Waals surface area contributed by atoms with Crippen LogP contribution < -0.4 is 11.1 Å². The molecule has 0 saturated carbocycles. The molecule has 0 aliphatic carbocycles. The molecule has 6 nitrogen and oxygen atoms in total. The number of methoxy groups -OCH3 is 1. The number of carbonyl (C=O) groups is 1. The number of benzene rings is 1. The fourth-order valence-corrected chi connectivity index (χ4v) is 1.75. The summed E-state index contributed by atoms with van der Waals surface area (Å²) in [5, 5.41) is 10.5. The quantitative estimate of drug-likeness (QED) is 0.731. The number of nitrogens with one attached hydrogen (secondary N) is 2. The zero-order valence-electron chi connectivity index (χ0n) is 10.1. The number of carbonyl (C=O) groups excluding carboxylic acids is 1. The van der Waals surface area contributed by atoms with Gasteiger partial charge < -0.3 is 15.8 Å². The third kappa shape index (κ3) is 2.66. The van der Waals surface area contributed by atoms with Crippen LogP contribution in [0.4, 0.5) is 5.69 Å². The maximum absolute atomic E-state index is 11.8. The van der Waals surface area contributed by atoms with Gasteiger partial charge in [-0.25, -0.2) is 0 Å². The fourth-order valence-electron chi connectivity index (χ4n) is 1.75. The Balaban J connectivity index is 2.09. The van der Waals surface area contributed by atoms with Crippen LogP contribution in [-0.2, 0) is 9.53 Å². The summed E-state index contributed by atoms with van der Waals surface area (Å²) in [5.41, 5.74) is 7.10. The number of nitrogens with two attached hydrogens (primary N) is 1. The molecule has 1 atom stereocenters. The van der Waals surface area contributed by atoms with Gasteiger partial charge in [0, 0.05) is 19.0 Å². The second-order valence-electron chi connectivity index (χ2n) is 3.98. The van der Waals surface area contributed by atoms with Crippen molar-refractivity contribution in [3.63, 3.8) is 0 Å². The fraction of sp³-hybridized carbons (Fsp3) is 0.333. The molecule has 0 bridgehead atoms. The second-order valence-corrected chi connectivity index (χ2v) is 3.98. The van der Waals surface area contributed by atoms with Crippen LogP contribution in [0.15, 0.2) is 24.4 Å². The number of anilines is 1. The van der Waals surface area contributed by atoms with Crippen molar-refractivity contribution in [1.29, 1.82) is 0 Å². The van der Waals surface area contributed by atoms with E-state index in [-0.39, 0.29) is 18.4 Å². The summed E-state index contributed by atoms with van der Waals surface area (Å²) in [6.07, 6.45) is 1.66. The van der Waals surface area contributed by atoms with Gasteiger partial charge in [-0.15, -0.1) is 0 Å². The highest BCUT2D eigenvalue weighted by Gasteiger charge is 2.12. The van der Waals surface area contributed by atoms with Gasteiger partial charge in [0.2, 0.25) is 5.91 Å². The van der Waals surface area contributed by atoms with E-state index >= 15 is 0 Å². The smallest absolute Gasteiger partial charge is 0.227 e. The number of rotatable bonds is 5. The van der Waals surface area contributed by atoms with Crippen molar-refractivity contribution in [2.45, 2.75) is 12.5 Å². The number of nitrogens with zero attached hydrogens (tertiary/aromatic N) is 1. The van der Waals surface area contributed by atoms with Gasteiger partial charge in [0.25, 0.3) is 0 Å². The molecule has 2 aromatic rings. The van der Waals surface area contributed by atoms with Crippen molar-refractivity contribution in [2.24, 2.45) is 5.73 Å². The summed E-state index contributed by atoms with van der Waals surface area (Å²) in [7, 11) is 1.54. The van der Waals surface area contributed by atoms with Crippen molar-refractivity contribution >= 4 is 22.5 Å². The maximum Gasteiger partial charge on any atom is 0.227 e. The highest BCUT2D eigenvalue weighted by molar-refractivity contribution is 6.00. The van der Waals surface area contributed by atoms with E-state index < -0.39 is 0 Å². The summed E-state index contributed by atoms with van der Waals surface area (Å²) in [6.45, 7) is 0.319. The Morgan fingerprint density at radius 1 is 1.61 bits per heavy atom. The first kappa shape index (κ1) is 12.5. The zero-order chi connectivity index (χ0) is 13.0. The van der Waals surface area contributed by atoms with E-state index in [1.54, 1.807) is 13.3 Å². The lowest BCUT2D eigenvalue weighted by molar-refractivity contribution is -0.118. The summed E-state index contributed by atoms with van der Waals surface area (Å²) < 4.78 is 5.08. The molecule has 1 heterocycles. The number of ether oxygens (including phenoxy) is 1. The maximum atomic E-state index is 11.8. The molecule has 18 heavy (non-hydrogen) atoms. The van der Waals surface area contributed by atoms with Gasteiger partial charge in [-0.2, -0.15) is 5.10 Å². The first-order chi connectivity index (χ1) is 8.74. The monoisotopic (exact) mass is 248 g/mol. The summed E-state index contributed by atoms with van der Waals surface area (Å²) in [5.74, 6) is -0.124. The Hall–Kier alpha value is -1.92. The number of hydrogen-bond acceptors (Lipinski definition) is 4. The second kappa shape index (κ2) is 5.61. The SMILES string of the molecule is COC(CN)CC(=O)Nc1cccc2[nH]ncc12. The Morgan fingerprint density at radius 3 is 3.17 bits per heavy atom. The van der Waals surface area contributed by atoms with Crippen LogP contribution in [0, 0.1) is 0 Å². The van der Waals surface area contributed by atoms with Crippen LogP contribution in [0.2, 0.25) is 0 Å². The zero-order valence-corrected chi connectivity index (χ0v) is 10.1. The molecule has 0 aliphatic rings. The highest BCUT2D eigenvalue weighted by Crippen LogP contribution is 2.21. The predicted molar refractivity (Wildman–Crippen MR) is 69.2 cm³/mol. The van der Waals surface area contributed by atoms with Crippen molar-refractivity contribution in [2.75, 3.05) is 19.0 Å². The minimum absolute atomic E-state index is 0.124. The molecule has 0 saturated heterocycles. The largest absolute Gasteiger partial charge is 0.380 e. The molecule has 4 N–H and O–H groups in total. The van der Waals surface area contributed by atoms with Gasteiger partial charge in [0.1, 0.15) is 0 Å². The minimum atomic E-state index is -0.256. The van der Waals surface area contributed by atoms with Crippen molar-refractivity contribution in [3.05, 3.63) is 24.4 Å². The number of fused-ring (bicyclic) bond motifs is 1. The van der Waals surface area contributed by atoms with Crippen molar-refractivity contribution in [1.82, 2.24) is 10.2 Å². The molecule has 1 aromatic carbocycles. The number of aromatic nitrogens is 2. The summed E-state index contributed by atoms with van der Waals surface area (Å²) in [6, 6.07) is 5.59. The van der Waals surface area contributed by atoms with E-state index in [1.807, 2.05) is 18.2 Å². The Labute approximate surface area is 104 Å². The molecule has 2 rings (SSSR count). The lowest BCUT2D eigenvalue weighted by Crippen LogP contribution is -2.28. The van der Waals surface area contributed by atoms with Gasteiger partial charge in [-0.1, -0.05) is 6.07 Å². The molecule has 1 aromatic heterocycles. The number of hydrogen-bond donors (Lipinski definition) is 3. The van der Waals surface area contributed by atoms with E-state index in [0.717, 1.165) is 16.6 Å². The number of amides is 1. The van der Waals surface area contributed by atoms with Crippen LogP contribution in [0.3, 0.4) is 0 Å². The van der Waals surface area contributed by atoms with E-state index in [2.05, 4.69) is 15.5 Å². The van der Waals surface area contributed by atoms with Crippen LogP contribution in [-0.4, -0.2) is 35.9 Å². The number of aromatic amines is 1. The highest BCUT2D eigenvalue weighted by atomic mass is 16.5. The molecule has 1 unspecified atom stereocenters. The average Bonchev–Trinajstić information content (AvgIpc) is 2.85. The van der Waals surface area contributed by atoms with Gasteiger partial charge in [-0.05, 0) is 12.1 Å². The molecule has 96 valence electrons. The average molecular weight is 248 g/mol. The van der Waals surface area contributed by atoms with E-state index in [9.17, 15) is 4.79 Å². The van der Waals surface area contributed by atoms with Crippen LogP contribution in [0.5, 0.6) is 0 Å². The van der Waals surface area contributed by atoms with Gasteiger partial charge in [0.15, 0.2) is 0 Å². The summed E-state index contributed by atoms with van der Waals surface area (Å²) in [4.78, 5) is 11.8. The van der Waals surface area contributed by atoms with Crippen LogP contribution in [0.1, 0.15) is 6.42 Å². The minimum Gasteiger partial charge on any atom is -0.380 e. The van der Waals surface area contributed by atoms with E-state index in [4.69, 9.17) is 10.5 Å². The third-order valence-corrected chi connectivity index (χ3v) is 2.77. The normalized spacial score (nSPS) is 12.6. The molecule has 0 spiro atoms. The Kier molecular flexibility index (Phi) is 3.91. The van der Waals surface area contributed by atoms with Crippen LogP contribution >= 0.6 is 0 Å². The van der Waals surface area contributed by atoms with Gasteiger partial charge >= 0.3 is 0 Å². The predicted octanol–water partition coefficient (Wildman–Crippen LogP) is 0.865. The molecular weight excluding hydrogens is 232 g/mol. The Bertz CT molecular complexity index is 534. The molecule has 0 radical (unpaired) electrons. The molecular formula is C12H16N4O2. The summed E-state index contributed by atoms with van der Waals surface area (Å²) >= 11 is 0. The number of H-pyrrole nitrogens is 1. The molecule has 0 fully saturated rings. The Morgan fingerprint density at radius 2 is 2.44 bits per heavy atom. The first-order valence-electron chi connectivity index (χ1n) is 5.69. The molecule has 0 aliphatic heterocycles. The lowest BCUT2D eigenvalue weighted by atomic mass is 10.2. The van der Waals surface area contributed by atoms with Crippen molar-refractivity contribution in [3.8, 4) is 0 Å². The standard InChI is InChI=1S/C12H16N4O2/c1-18-8(6-13)5-12(17)15-10-3-2-4-11-9(10)7-14-16-11/h2-4,7-8H,5-6,13H2,1H3,(H,14,16)(H,15,17). The van der Waals surface area contributed by atoms with E-state index in [0.29, 0.717) is 6.54 Å². The van der Waals surface area contributed by atoms with E-state index in [1.165, 1.54) is 0 Å². The van der Waals surface area contributed by atoms with Crippen molar-refractivity contribution < 1.29 is 9.53 Å². The molecule has 1 amide bonds.